The van der Waals surface area contributed by atoms with E-state index in [9.17, 15) is 10.1 Å². The Hall–Kier alpha value is -1.98. The van der Waals surface area contributed by atoms with Gasteiger partial charge in [-0.25, -0.2) is 4.98 Å². The number of nitrogens with zero attached hydrogens (tertiary/aromatic N) is 4. The van der Waals surface area contributed by atoms with Crippen molar-refractivity contribution in [1.29, 1.82) is 5.26 Å². The number of hydrogen-bond acceptors (Lipinski definition) is 7. The molecule has 0 aliphatic heterocycles. The van der Waals surface area contributed by atoms with Crippen LogP contribution in [0.1, 0.15) is 34.7 Å². The lowest BCUT2D eigenvalue weighted by atomic mass is 10.2. The molecule has 1 aliphatic carbocycles. The minimum Gasteiger partial charge on any atom is -0.301 e. The summed E-state index contributed by atoms with van der Waals surface area (Å²) in [5.74, 6) is 0.470. The molecule has 2 heterocycles. The highest BCUT2D eigenvalue weighted by Crippen LogP contribution is 2.28. The zero-order chi connectivity index (χ0) is 16.2. The van der Waals surface area contributed by atoms with Crippen molar-refractivity contribution in [3.63, 3.8) is 0 Å². The fourth-order valence-electron chi connectivity index (χ4n) is 2.41. The maximum Gasteiger partial charge on any atom is 0.227 e. The lowest BCUT2D eigenvalue weighted by Gasteiger charge is -2.06. The van der Waals surface area contributed by atoms with Crippen LogP contribution in [0.3, 0.4) is 0 Å². The molecule has 0 fully saturated rings. The maximum atomic E-state index is 11.9. The van der Waals surface area contributed by atoms with E-state index < -0.39 is 0 Å². The van der Waals surface area contributed by atoms with E-state index >= 15 is 0 Å². The Bertz CT molecular complexity index is 781. The zero-order valence-electron chi connectivity index (χ0n) is 12.6. The van der Waals surface area contributed by atoms with Gasteiger partial charge < -0.3 is 5.32 Å². The summed E-state index contributed by atoms with van der Waals surface area (Å²) in [6.45, 7) is 1.84. The van der Waals surface area contributed by atoms with Crippen molar-refractivity contribution in [2.75, 3.05) is 11.1 Å². The third kappa shape index (κ3) is 3.86. The number of aryl methyl sites for hydroxylation is 3. The molecule has 0 unspecified atom stereocenters. The molecule has 6 nitrogen and oxygen atoms in total. The Morgan fingerprint density at radius 3 is 3.09 bits per heavy atom. The Labute approximate surface area is 142 Å². The molecule has 23 heavy (non-hydrogen) atoms. The van der Waals surface area contributed by atoms with Crippen LogP contribution in [0.25, 0.3) is 0 Å². The van der Waals surface area contributed by atoms with E-state index in [1.54, 1.807) is 0 Å². The van der Waals surface area contributed by atoms with E-state index in [0.717, 1.165) is 35.0 Å². The van der Waals surface area contributed by atoms with Gasteiger partial charge in [0.1, 0.15) is 16.1 Å². The number of thioether (sulfide) groups is 1. The first-order chi connectivity index (χ1) is 11.2. The average Bonchev–Trinajstić information content (AvgIpc) is 3.14. The lowest BCUT2D eigenvalue weighted by molar-refractivity contribution is -0.115. The summed E-state index contributed by atoms with van der Waals surface area (Å²) in [6.07, 6.45) is 3.43. The maximum absolute atomic E-state index is 11.9. The van der Waals surface area contributed by atoms with Crippen LogP contribution in [0.4, 0.5) is 5.13 Å². The minimum atomic E-state index is -0.103. The van der Waals surface area contributed by atoms with Gasteiger partial charge >= 0.3 is 0 Å². The summed E-state index contributed by atoms with van der Waals surface area (Å²) < 4.78 is 0. The molecule has 1 aliphatic rings. The summed E-state index contributed by atoms with van der Waals surface area (Å²) in [7, 11) is 0. The first-order valence-corrected chi connectivity index (χ1v) is 9.11. The quantitative estimate of drug-likeness (QED) is 0.838. The first-order valence-electron chi connectivity index (χ1n) is 7.31. The van der Waals surface area contributed by atoms with Crippen molar-refractivity contribution in [2.45, 2.75) is 37.6 Å². The van der Waals surface area contributed by atoms with E-state index in [1.807, 2.05) is 13.0 Å². The number of aromatic nitrogens is 3. The molecule has 3 rings (SSSR count). The van der Waals surface area contributed by atoms with E-state index in [1.165, 1.54) is 28.7 Å². The van der Waals surface area contributed by atoms with Crippen LogP contribution in [-0.4, -0.2) is 26.8 Å². The second-order valence-corrected chi connectivity index (χ2v) is 7.45. The molecule has 0 radical (unpaired) electrons. The molecule has 118 valence electrons. The van der Waals surface area contributed by atoms with Gasteiger partial charge in [0.2, 0.25) is 11.0 Å². The Morgan fingerprint density at radius 2 is 2.35 bits per heavy atom. The van der Waals surface area contributed by atoms with Crippen molar-refractivity contribution >= 4 is 34.1 Å². The molecule has 8 heteroatoms. The Kier molecular flexibility index (Phi) is 4.88. The topological polar surface area (TPSA) is 91.6 Å². The molecule has 0 saturated carbocycles. The van der Waals surface area contributed by atoms with Crippen LogP contribution in [0.2, 0.25) is 0 Å². The second-order valence-electron chi connectivity index (χ2n) is 5.19. The smallest absolute Gasteiger partial charge is 0.227 e. The molecular formula is C15H15N5OS2. The highest BCUT2D eigenvalue weighted by Gasteiger charge is 2.17. The summed E-state index contributed by atoms with van der Waals surface area (Å²) >= 11 is 2.80. The molecule has 0 bridgehead atoms. The number of rotatable bonds is 5. The third-order valence-electron chi connectivity index (χ3n) is 3.48. The summed E-state index contributed by atoms with van der Waals surface area (Å²) in [5, 5.41) is 21.8. The molecule has 0 aromatic carbocycles. The second kappa shape index (κ2) is 7.06. The third-order valence-corrected chi connectivity index (χ3v) is 5.22. The predicted molar refractivity (Wildman–Crippen MR) is 89.6 cm³/mol. The van der Waals surface area contributed by atoms with E-state index in [-0.39, 0.29) is 5.91 Å². The van der Waals surface area contributed by atoms with Crippen LogP contribution in [0, 0.1) is 18.3 Å². The normalized spacial score (nSPS) is 12.7. The largest absolute Gasteiger partial charge is 0.301 e. The molecule has 2 aromatic rings. The monoisotopic (exact) mass is 345 g/mol. The predicted octanol–water partition coefficient (Wildman–Crippen LogP) is 2.72. The van der Waals surface area contributed by atoms with Gasteiger partial charge in [-0.05, 0) is 37.8 Å². The number of nitrogens with one attached hydrogen (secondary N) is 1. The summed E-state index contributed by atoms with van der Waals surface area (Å²) in [4.78, 5) is 16.5. The van der Waals surface area contributed by atoms with Gasteiger partial charge in [-0.3, -0.25) is 4.79 Å². The van der Waals surface area contributed by atoms with Crippen LogP contribution in [-0.2, 0) is 17.6 Å². The zero-order valence-corrected chi connectivity index (χ0v) is 14.3. The number of nitriles is 1. The van der Waals surface area contributed by atoms with Crippen LogP contribution >= 0.6 is 23.1 Å². The fraction of sp³-hybridized carbons (Fsp3) is 0.400. The van der Waals surface area contributed by atoms with Crippen molar-refractivity contribution in [3.05, 3.63) is 27.9 Å². The number of carbonyl (C=O) groups is 1. The molecule has 2 aromatic heterocycles. The Balaban J connectivity index is 1.56. The number of pyridine rings is 1. The number of carbonyl (C=O) groups excluding carboxylic acids is 1. The summed E-state index contributed by atoms with van der Waals surface area (Å²) in [6, 6.07) is 4.15. The molecular weight excluding hydrogens is 330 g/mol. The molecule has 0 saturated heterocycles. The van der Waals surface area contributed by atoms with Gasteiger partial charge in [0, 0.05) is 17.9 Å². The van der Waals surface area contributed by atoms with Crippen molar-refractivity contribution in [3.8, 4) is 6.07 Å². The first kappa shape index (κ1) is 15.9. The van der Waals surface area contributed by atoms with Crippen molar-refractivity contribution in [1.82, 2.24) is 15.2 Å². The van der Waals surface area contributed by atoms with Gasteiger partial charge in [0.25, 0.3) is 0 Å². The fourth-order valence-corrected chi connectivity index (χ4v) is 3.94. The molecule has 1 amide bonds. The number of anilines is 1. The standard InChI is InChI=1S/C15H15N5OS2/c1-9-19-20-15(23-9)18-13(21)5-6-22-14-11(8-16)7-10-3-2-4-12(10)17-14/h7H,2-6H2,1H3,(H,18,20,21). The van der Waals surface area contributed by atoms with Crippen LogP contribution in [0.15, 0.2) is 11.1 Å². The highest BCUT2D eigenvalue weighted by molar-refractivity contribution is 7.99. The summed E-state index contributed by atoms with van der Waals surface area (Å²) in [5.41, 5.74) is 2.89. The van der Waals surface area contributed by atoms with Crippen LogP contribution < -0.4 is 5.32 Å². The van der Waals surface area contributed by atoms with E-state index in [0.29, 0.717) is 22.9 Å². The minimum absolute atomic E-state index is 0.103. The highest BCUT2D eigenvalue weighted by atomic mass is 32.2. The SMILES string of the molecule is Cc1nnc(NC(=O)CCSc2nc3c(cc2C#N)CCC3)s1. The van der Waals surface area contributed by atoms with Gasteiger partial charge in [0.05, 0.1) is 5.56 Å². The van der Waals surface area contributed by atoms with Gasteiger partial charge in [-0.15, -0.1) is 22.0 Å². The molecule has 0 spiro atoms. The number of fused-ring (bicyclic) bond motifs is 1. The number of hydrogen-bond donors (Lipinski definition) is 1. The van der Waals surface area contributed by atoms with E-state index in [4.69, 9.17) is 0 Å². The molecule has 1 N–H and O–H groups in total. The average molecular weight is 345 g/mol. The van der Waals surface area contributed by atoms with Gasteiger partial charge in [-0.2, -0.15) is 5.26 Å². The number of amides is 1. The van der Waals surface area contributed by atoms with Gasteiger partial charge in [-0.1, -0.05) is 11.3 Å². The lowest BCUT2D eigenvalue weighted by Crippen LogP contribution is -2.12. The van der Waals surface area contributed by atoms with Crippen molar-refractivity contribution in [2.24, 2.45) is 0 Å². The van der Waals surface area contributed by atoms with E-state index in [2.05, 4.69) is 26.6 Å². The van der Waals surface area contributed by atoms with Crippen molar-refractivity contribution < 1.29 is 4.79 Å². The van der Waals surface area contributed by atoms with Gasteiger partial charge in [0.15, 0.2) is 0 Å². The molecule has 0 atom stereocenters. The Morgan fingerprint density at radius 1 is 1.48 bits per heavy atom. The van der Waals surface area contributed by atoms with Crippen LogP contribution in [0.5, 0.6) is 0 Å².